The number of carbonyl (C=O) groups excluding carboxylic acids is 1. The zero-order valence-electron chi connectivity index (χ0n) is 17.9. The molecule has 1 saturated heterocycles. The number of methoxy groups -OCH3 is 1. The third-order valence-corrected chi connectivity index (χ3v) is 5.63. The second kappa shape index (κ2) is 9.66. The Kier molecular flexibility index (Phi) is 6.52. The van der Waals surface area contributed by atoms with Gasteiger partial charge in [0.15, 0.2) is 5.11 Å². The first-order chi connectivity index (χ1) is 15.6. The van der Waals surface area contributed by atoms with Crippen LogP contribution in [0.25, 0.3) is 6.08 Å². The number of amides is 1. The van der Waals surface area contributed by atoms with Gasteiger partial charge in [0.2, 0.25) is 0 Å². The number of hydrogen-bond acceptors (Lipinski definition) is 4. The highest BCUT2D eigenvalue weighted by Gasteiger charge is 2.34. The Balaban J connectivity index is 1.55. The summed E-state index contributed by atoms with van der Waals surface area (Å²) in [4.78, 5) is 14.7. The van der Waals surface area contributed by atoms with Crippen LogP contribution in [0.4, 0.5) is 0 Å². The maximum atomic E-state index is 13.1. The summed E-state index contributed by atoms with van der Waals surface area (Å²) in [6.07, 6.45) is 1.80. The Hall–Kier alpha value is -3.64. The third-order valence-electron chi connectivity index (χ3n) is 5.33. The highest BCUT2D eigenvalue weighted by Crippen LogP contribution is 2.28. The van der Waals surface area contributed by atoms with Gasteiger partial charge in [-0.25, -0.2) is 0 Å². The van der Waals surface area contributed by atoms with E-state index in [0.717, 1.165) is 28.2 Å². The molecule has 0 unspecified atom stereocenters. The van der Waals surface area contributed by atoms with Crippen LogP contribution in [-0.4, -0.2) is 23.0 Å². The number of rotatable bonds is 7. The summed E-state index contributed by atoms with van der Waals surface area (Å²) in [6.45, 7) is 2.32. The SMILES string of the molecule is COc1ccc(/C=C2/NC(=S)N([C@H](C)c3ccccc3)C2=O)cc1COc1ccccc1. The van der Waals surface area contributed by atoms with Crippen molar-refractivity contribution >= 4 is 29.3 Å². The van der Waals surface area contributed by atoms with Crippen molar-refractivity contribution in [1.29, 1.82) is 0 Å². The van der Waals surface area contributed by atoms with Crippen LogP contribution >= 0.6 is 12.2 Å². The van der Waals surface area contributed by atoms with Crippen LogP contribution in [0.15, 0.2) is 84.6 Å². The molecule has 3 aromatic carbocycles. The van der Waals surface area contributed by atoms with Gasteiger partial charge in [-0.05, 0) is 60.6 Å². The quantitative estimate of drug-likeness (QED) is 0.406. The number of benzene rings is 3. The van der Waals surface area contributed by atoms with Crippen LogP contribution in [-0.2, 0) is 11.4 Å². The lowest BCUT2D eigenvalue weighted by molar-refractivity contribution is -0.123. The predicted octanol–water partition coefficient (Wildman–Crippen LogP) is 5.09. The van der Waals surface area contributed by atoms with Crippen molar-refractivity contribution in [3.63, 3.8) is 0 Å². The van der Waals surface area contributed by atoms with Gasteiger partial charge >= 0.3 is 0 Å². The minimum atomic E-state index is -0.166. The van der Waals surface area contributed by atoms with Crippen LogP contribution in [0.2, 0.25) is 0 Å². The normalized spacial score (nSPS) is 15.6. The predicted molar refractivity (Wildman–Crippen MR) is 129 cm³/mol. The first kappa shape index (κ1) is 21.6. The molecule has 4 rings (SSSR count). The van der Waals surface area contributed by atoms with Crippen LogP contribution < -0.4 is 14.8 Å². The molecule has 0 bridgehead atoms. The fraction of sp³-hybridized carbons (Fsp3) is 0.154. The Morgan fingerprint density at radius 3 is 2.41 bits per heavy atom. The number of nitrogens with one attached hydrogen (secondary N) is 1. The minimum absolute atomic E-state index is 0.149. The van der Waals surface area contributed by atoms with Crippen molar-refractivity contribution in [2.45, 2.75) is 19.6 Å². The second-order valence-corrected chi connectivity index (χ2v) is 7.81. The first-order valence-electron chi connectivity index (χ1n) is 10.3. The molecule has 1 amide bonds. The molecule has 0 aliphatic carbocycles. The van der Waals surface area contributed by atoms with Crippen LogP contribution in [0.3, 0.4) is 0 Å². The lowest BCUT2D eigenvalue weighted by Crippen LogP contribution is -2.33. The summed E-state index contributed by atoms with van der Waals surface area (Å²) in [5.74, 6) is 1.36. The molecule has 32 heavy (non-hydrogen) atoms. The Labute approximate surface area is 193 Å². The van der Waals surface area contributed by atoms with E-state index in [1.54, 1.807) is 18.1 Å². The van der Waals surface area contributed by atoms with E-state index in [-0.39, 0.29) is 11.9 Å². The Morgan fingerprint density at radius 2 is 1.72 bits per heavy atom. The smallest absolute Gasteiger partial charge is 0.277 e. The second-order valence-electron chi connectivity index (χ2n) is 7.42. The van der Waals surface area contributed by atoms with Crippen LogP contribution in [0.5, 0.6) is 11.5 Å². The van der Waals surface area contributed by atoms with E-state index in [1.165, 1.54) is 0 Å². The summed E-state index contributed by atoms with van der Waals surface area (Å²) < 4.78 is 11.4. The van der Waals surface area contributed by atoms with Gasteiger partial charge < -0.3 is 14.8 Å². The molecule has 6 heteroatoms. The number of nitrogens with zero attached hydrogens (tertiary/aromatic N) is 1. The standard InChI is InChI=1S/C26H24N2O3S/c1-18(20-9-5-3-6-10-20)28-25(29)23(27-26(28)32)16-19-13-14-24(30-2)21(15-19)17-31-22-11-7-4-8-12-22/h3-16,18H,17H2,1-2H3,(H,27,32)/b23-16+/t18-/m1/s1. The zero-order chi connectivity index (χ0) is 22.5. The molecular formula is C26H24N2O3S. The van der Waals surface area contributed by atoms with E-state index in [1.807, 2.05) is 85.8 Å². The van der Waals surface area contributed by atoms with Crippen molar-refractivity contribution in [3.05, 3.63) is 101 Å². The average Bonchev–Trinajstić information content (AvgIpc) is 3.11. The molecule has 1 N–H and O–H groups in total. The van der Waals surface area contributed by atoms with Gasteiger partial charge in [-0.1, -0.05) is 54.6 Å². The highest BCUT2D eigenvalue weighted by atomic mass is 32.1. The fourth-order valence-corrected chi connectivity index (χ4v) is 3.98. The molecular weight excluding hydrogens is 420 g/mol. The van der Waals surface area contributed by atoms with E-state index in [4.69, 9.17) is 21.7 Å². The van der Waals surface area contributed by atoms with Crippen molar-refractivity contribution in [2.75, 3.05) is 7.11 Å². The Morgan fingerprint density at radius 1 is 1.03 bits per heavy atom. The van der Waals surface area contributed by atoms with Gasteiger partial charge in [0.25, 0.3) is 5.91 Å². The first-order valence-corrected chi connectivity index (χ1v) is 10.7. The molecule has 3 aromatic rings. The lowest BCUT2D eigenvalue weighted by atomic mass is 10.1. The summed E-state index contributed by atoms with van der Waals surface area (Å²) in [5, 5.41) is 3.47. The van der Waals surface area contributed by atoms with Gasteiger partial charge in [-0.15, -0.1) is 0 Å². The van der Waals surface area contributed by atoms with Crippen molar-refractivity contribution in [2.24, 2.45) is 0 Å². The number of thiocarbonyl (C=S) groups is 1. The summed E-state index contributed by atoms with van der Waals surface area (Å²) in [5.41, 5.74) is 3.20. The van der Waals surface area contributed by atoms with Crippen molar-refractivity contribution in [1.82, 2.24) is 10.2 Å². The highest BCUT2D eigenvalue weighted by molar-refractivity contribution is 7.80. The molecule has 0 saturated carbocycles. The molecule has 0 aromatic heterocycles. The van der Waals surface area contributed by atoms with E-state index in [9.17, 15) is 4.79 Å². The van der Waals surface area contributed by atoms with Crippen molar-refractivity contribution in [3.8, 4) is 11.5 Å². The molecule has 1 atom stereocenters. The van der Waals surface area contributed by atoms with E-state index in [0.29, 0.717) is 17.4 Å². The number of ether oxygens (including phenoxy) is 2. The van der Waals surface area contributed by atoms with Gasteiger partial charge in [0, 0.05) is 5.56 Å². The third kappa shape index (κ3) is 4.65. The molecule has 0 radical (unpaired) electrons. The van der Waals surface area contributed by atoms with Gasteiger partial charge in [0.1, 0.15) is 23.8 Å². The minimum Gasteiger partial charge on any atom is -0.496 e. The molecule has 1 aliphatic heterocycles. The van der Waals surface area contributed by atoms with E-state index < -0.39 is 0 Å². The molecule has 1 fully saturated rings. The summed E-state index contributed by atoms with van der Waals surface area (Å²) in [7, 11) is 1.63. The topological polar surface area (TPSA) is 50.8 Å². The van der Waals surface area contributed by atoms with E-state index >= 15 is 0 Å². The summed E-state index contributed by atoms with van der Waals surface area (Å²) in [6, 6.07) is 25.0. The number of hydrogen-bond donors (Lipinski definition) is 1. The van der Waals surface area contributed by atoms with Gasteiger partial charge in [0.05, 0.1) is 13.2 Å². The number of para-hydroxylation sites is 1. The number of carbonyl (C=O) groups is 1. The Bertz CT molecular complexity index is 1150. The van der Waals surface area contributed by atoms with Crippen molar-refractivity contribution < 1.29 is 14.3 Å². The fourth-order valence-electron chi connectivity index (χ4n) is 3.63. The van der Waals surface area contributed by atoms with Gasteiger partial charge in [-0.3, -0.25) is 9.69 Å². The summed E-state index contributed by atoms with van der Waals surface area (Å²) >= 11 is 5.46. The van der Waals surface area contributed by atoms with Crippen LogP contribution in [0, 0.1) is 0 Å². The molecule has 162 valence electrons. The molecule has 5 nitrogen and oxygen atoms in total. The largest absolute Gasteiger partial charge is 0.496 e. The van der Waals surface area contributed by atoms with Gasteiger partial charge in [-0.2, -0.15) is 0 Å². The molecule has 1 aliphatic rings. The lowest BCUT2D eigenvalue weighted by Gasteiger charge is -2.23. The monoisotopic (exact) mass is 444 g/mol. The van der Waals surface area contributed by atoms with Crippen LogP contribution in [0.1, 0.15) is 29.7 Å². The molecule has 0 spiro atoms. The maximum Gasteiger partial charge on any atom is 0.277 e. The van der Waals surface area contributed by atoms with E-state index in [2.05, 4.69) is 5.32 Å². The zero-order valence-corrected chi connectivity index (χ0v) is 18.8. The maximum absolute atomic E-state index is 13.1. The molecule has 1 heterocycles. The average molecular weight is 445 g/mol.